The maximum atomic E-state index is 10.7. The number of aliphatic carboxylic acids is 1. The molecule has 7 nitrogen and oxygen atoms in total. The van der Waals surface area contributed by atoms with Gasteiger partial charge in [-0.05, 0) is 0 Å². The van der Waals surface area contributed by atoms with Gasteiger partial charge in [-0.25, -0.2) is 4.68 Å². The summed E-state index contributed by atoms with van der Waals surface area (Å²) in [4.78, 5) is 10.7. The minimum Gasteiger partial charge on any atom is -0.480 e. The highest BCUT2D eigenvalue weighted by molar-refractivity contribution is 7.99. The first kappa shape index (κ1) is 11.4. The fraction of sp³-hybridized carbons (Fsp3) is 0.625. The number of carboxylic acid groups (broad SMARTS) is 1. The lowest BCUT2D eigenvalue weighted by Gasteiger charge is -2.06. The van der Waals surface area contributed by atoms with Crippen molar-refractivity contribution in [1.29, 1.82) is 0 Å². The van der Waals surface area contributed by atoms with Crippen LogP contribution in [-0.2, 0) is 11.3 Å². The first-order valence-corrected chi connectivity index (χ1v) is 5.87. The van der Waals surface area contributed by atoms with Gasteiger partial charge in [-0.15, -0.1) is 16.9 Å². The Balaban J connectivity index is 2.00. The summed E-state index contributed by atoms with van der Waals surface area (Å²) in [6.07, 6.45) is 1.71. The molecule has 16 heavy (non-hydrogen) atoms. The van der Waals surface area contributed by atoms with Crippen LogP contribution in [0.3, 0.4) is 0 Å². The number of aliphatic hydroxyl groups excluding tert-OH is 1. The molecule has 0 bridgehead atoms. The number of hydrogen-bond donors (Lipinski definition) is 3. The lowest BCUT2D eigenvalue weighted by Crippen LogP contribution is -2.33. The van der Waals surface area contributed by atoms with Gasteiger partial charge in [-0.1, -0.05) is 5.21 Å². The third kappa shape index (κ3) is 2.34. The lowest BCUT2D eigenvalue weighted by atomic mass is 10.3. The summed E-state index contributed by atoms with van der Waals surface area (Å²) < 4.78 is 1.53. The van der Waals surface area contributed by atoms with Crippen LogP contribution < -0.4 is 5.32 Å². The zero-order valence-corrected chi connectivity index (χ0v) is 9.22. The quantitative estimate of drug-likeness (QED) is 0.628. The van der Waals surface area contributed by atoms with Gasteiger partial charge in [0.25, 0.3) is 0 Å². The number of nitrogens with zero attached hydrogens (tertiary/aromatic N) is 3. The van der Waals surface area contributed by atoms with Crippen molar-refractivity contribution in [2.24, 2.45) is 0 Å². The van der Waals surface area contributed by atoms with Gasteiger partial charge in [0.1, 0.15) is 17.1 Å². The maximum Gasteiger partial charge on any atom is 0.321 e. The molecule has 2 rings (SSSR count). The largest absolute Gasteiger partial charge is 0.480 e. The molecular formula is C8H12N4O3S. The van der Waals surface area contributed by atoms with Crippen molar-refractivity contribution in [3.8, 4) is 0 Å². The molecule has 1 aromatic heterocycles. The van der Waals surface area contributed by atoms with Crippen LogP contribution in [0.1, 0.15) is 11.1 Å². The second-order valence-electron chi connectivity index (χ2n) is 3.40. The lowest BCUT2D eigenvalue weighted by molar-refractivity contribution is -0.138. The average Bonchev–Trinajstić information content (AvgIpc) is 2.84. The Kier molecular flexibility index (Phi) is 3.42. The molecule has 1 aromatic rings. The smallest absolute Gasteiger partial charge is 0.321 e. The van der Waals surface area contributed by atoms with Crippen molar-refractivity contribution >= 4 is 17.7 Å². The molecule has 1 aliphatic heterocycles. The fourth-order valence-corrected chi connectivity index (χ4v) is 2.59. The van der Waals surface area contributed by atoms with Crippen LogP contribution in [0.2, 0.25) is 0 Å². The predicted octanol–water partition coefficient (Wildman–Crippen LogP) is -0.941. The molecule has 88 valence electrons. The van der Waals surface area contributed by atoms with Crippen LogP contribution in [0, 0.1) is 0 Å². The third-order valence-electron chi connectivity index (χ3n) is 2.23. The Morgan fingerprint density at radius 2 is 2.56 bits per heavy atom. The van der Waals surface area contributed by atoms with E-state index in [4.69, 9.17) is 10.2 Å². The number of hydrogen-bond acceptors (Lipinski definition) is 6. The Hall–Kier alpha value is -1.12. The van der Waals surface area contributed by atoms with Gasteiger partial charge in [0.05, 0.1) is 19.3 Å². The van der Waals surface area contributed by atoms with E-state index in [0.717, 1.165) is 0 Å². The monoisotopic (exact) mass is 244 g/mol. The van der Waals surface area contributed by atoms with Gasteiger partial charge in [0.2, 0.25) is 0 Å². The van der Waals surface area contributed by atoms with Crippen LogP contribution in [0.4, 0.5) is 0 Å². The van der Waals surface area contributed by atoms with Crippen LogP contribution in [-0.4, -0.2) is 49.6 Å². The van der Waals surface area contributed by atoms with Crippen LogP contribution in [0.15, 0.2) is 6.20 Å². The van der Waals surface area contributed by atoms with E-state index in [2.05, 4.69) is 15.6 Å². The second-order valence-corrected chi connectivity index (χ2v) is 4.54. The summed E-state index contributed by atoms with van der Waals surface area (Å²) in [6.45, 7) is 0.401. The maximum absolute atomic E-state index is 10.7. The molecule has 1 saturated heterocycles. The van der Waals surface area contributed by atoms with Crippen LogP contribution >= 0.6 is 11.8 Å². The van der Waals surface area contributed by atoms with Gasteiger partial charge in [0, 0.05) is 5.75 Å². The van der Waals surface area contributed by atoms with E-state index in [9.17, 15) is 4.79 Å². The number of carboxylic acids is 1. The van der Waals surface area contributed by atoms with E-state index in [1.807, 2.05) is 0 Å². The molecule has 0 aromatic carbocycles. The number of nitrogens with one attached hydrogen (secondary N) is 1. The average molecular weight is 244 g/mol. The number of thioether (sulfide) groups is 1. The molecule has 0 spiro atoms. The molecule has 0 amide bonds. The molecule has 1 fully saturated rings. The summed E-state index contributed by atoms with van der Waals surface area (Å²) in [6, 6.07) is -0.530. The van der Waals surface area contributed by atoms with E-state index in [1.54, 1.807) is 6.20 Å². The highest BCUT2D eigenvalue weighted by Crippen LogP contribution is 2.31. The van der Waals surface area contributed by atoms with E-state index in [0.29, 0.717) is 18.0 Å². The van der Waals surface area contributed by atoms with Gasteiger partial charge < -0.3 is 10.2 Å². The Morgan fingerprint density at radius 3 is 3.19 bits per heavy atom. The van der Waals surface area contributed by atoms with E-state index in [-0.39, 0.29) is 12.0 Å². The van der Waals surface area contributed by atoms with Gasteiger partial charge in [-0.2, -0.15) is 0 Å². The molecular weight excluding hydrogens is 232 g/mol. The summed E-state index contributed by atoms with van der Waals surface area (Å²) in [5.74, 6) is -0.329. The highest BCUT2D eigenvalue weighted by Gasteiger charge is 2.31. The fourth-order valence-electron chi connectivity index (χ4n) is 1.43. The predicted molar refractivity (Wildman–Crippen MR) is 56.9 cm³/mol. The molecule has 8 heteroatoms. The Bertz CT molecular complexity index is 383. The van der Waals surface area contributed by atoms with Gasteiger partial charge >= 0.3 is 5.97 Å². The van der Waals surface area contributed by atoms with E-state index < -0.39 is 12.0 Å². The summed E-state index contributed by atoms with van der Waals surface area (Å²) in [7, 11) is 0. The van der Waals surface area contributed by atoms with Crippen molar-refractivity contribution in [3.63, 3.8) is 0 Å². The third-order valence-corrected chi connectivity index (χ3v) is 3.47. The van der Waals surface area contributed by atoms with E-state index >= 15 is 0 Å². The first-order valence-electron chi connectivity index (χ1n) is 4.82. The zero-order chi connectivity index (χ0) is 11.5. The van der Waals surface area contributed by atoms with Crippen molar-refractivity contribution in [2.45, 2.75) is 18.0 Å². The molecule has 1 aliphatic rings. The van der Waals surface area contributed by atoms with Crippen molar-refractivity contribution in [3.05, 3.63) is 11.9 Å². The Labute approximate surface area is 95.8 Å². The van der Waals surface area contributed by atoms with Crippen molar-refractivity contribution in [1.82, 2.24) is 20.3 Å². The first-order chi connectivity index (χ1) is 7.70. The zero-order valence-electron chi connectivity index (χ0n) is 8.41. The number of aliphatic hydroxyl groups is 1. The number of carbonyl (C=O) groups is 1. The van der Waals surface area contributed by atoms with Crippen molar-refractivity contribution < 1.29 is 15.0 Å². The number of aromatic nitrogens is 3. The Morgan fingerprint density at radius 1 is 1.75 bits per heavy atom. The standard InChI is InChI=1S/C8H12N4O3S/c13-2-1-12-3-5(10-11-12)7-9-6(4-16-7)8(14)15/h3,6-7,9,13H,1-2,4H2,(H,14,15)/t6-,7?/m0/s1. The minimum atomic E-state index is -0.849. The molecule has 0 aliphatic carbocycles. The molecule has 1 unspecified atom stereocenters. The van der Waals surface area contributed by atoms with Crippen LogP contribution in [0.5, 0.6) is 0 Å². The molecule has 2 atom stereocenters. The molecule has 2 heterocycles. The molecule has 3 N–H and O–H groups in total. The summed E-state index contributed by atoms with van der Waals surface area (Å²) in [5, 5.41) is 28.1. The van der Waals surface area contributed by atoms with E-state index in [1.165, 1.54) is 16.4 Å². The highest BCUT2D eigenvalue weighted by atomic mass is 32.2. The van der Waals surface area contributed by atoms with Crippen molar-refractivity contribution in [2.75, 3.05) is 12.4 Å². The summed E-state index contributed by atoms with van der Waals surface area (Å²) in [5.41, 5.74) is 0.696. The molecule has 0 saturated carbocycles. The van der Waals surface area contributed by atoms with Crippen LogP contribution in [0.25, 0.3) is 0 Å². The topological polar surface area (TPSA) is 100 Å². The molecule has 0 radical (unpaired) electrons. The summed E-state index contributed by atoms with van der Waals surface area (Å²) >= 11 is 1.49. The minimum absolute atomic E-state index is 0.00574. The van der Waals surface area contributed by atoms with Gasteiger partial charge in [0.15, 0.2) is 0 Å². The second kappa shape index (κ2) is 4.81. The SMILES string of the molecule is O=C(O)[C@@H]1CSC(c2cn(CCO)nn2)N1. The normalized spacial score (nSPS) is 24.8. The van der Waals surface area contributed by atoms with Gasteiger partial charge in [-0.3, -0.25) is 10.1 Å². The number of rotatable bonds is 4.